The van der Waals surface area contributed by atoms with Crippen LogP contribution in [0.15, 0.2) is 54.6 Å². The molecule has 2 fully saturated rings. The number of rotatable bonds is 4. The van der Waals surface area contributed by atoms with Gasteiger partial charge in [-0.15, -0.1) is 0 Å². The molecule has 2 aliphatic heterocycles. The van der Waals surface area contributed by atoms with Crippen LogP contribution in [0.4, 0.5) is 5.69 Å². The molecule has 0 aliphatic carbocycles. The highest BCUT2D eigenvalue weighted by Gasteiger charge is 2.43. The number of hydrogen-bond donors (Lipinski definition) is 0. The number of nitrogens with zero attached hydrogens (tertiary/aromatic N) is 3. The van der Waals surface area contributed by atoms with Gasteiger partial charge in [0, 0.05) is 32.7 Å². The number of para-hydroxylation sites is 1. The minimum absolute atomic E-state index is 0.0780. The van der Waals surface area contributed by atoms with Crippen LogP contribution in [0.5, 0.6) is 0 Å². The Bertz CT molecular complexity index is 828. The smallest absolute Gasteiger partial charge is 0.251 e. The van der Waals surface area contributed by atoms with Crippen LogP contribution in [0.2, 0.25) is 0 Å². The van der Waals surface area contributed by atoms with Gasteiger partial charge in [0.1, 0.15) is 0 Å². The van der Waals surface area contributed by atoms with Crippen LogP contribution in [0.25, 0.3) is 0 Å². The molecule has 4 rings (SSSR count). The number of carbonyl (C=O) groups is 2. The standard InChI is InChI=1S/C22H25N3O2/c1-17-7-5-6-10-19(17)25-21(26)15-20(22(25)27)24-13-11-23(12-14-24)16-18-8-3-2-4-9-18/h2-10,20H,11-16H2,1H3/t20-/m1/s1. The summed E-state index contributed by atoms with van der Waals surface area (Å²) >= 11 is 0. The Kier molecular flexibility index (Phi) is 5.05. The largest absolute Gasteiger partial charge is 0.297 e. The van der Waals surface area contributed by atoms with Crippen LogP contribution in [0, 0.1) is 6.92 Å². The first-order valence-electron chi connectivity index (χ1n) is 9.56. The van der Waals surface area contributed by atoms with Crippen LogP contribution >= 0.6 is 0 Å². The van der Waals surface area contributed by atoms with Gasteiger partial charge in [-0.25, -0.2) is 4.90 Å². The average molecular weight is 363 g/mol. The summed E-state index contributed by atoms with van der Waals surface area (Å²) in [7, 11) is 0. The Morgan fingerprint density at radius 1 is 0.889 bits per heavy atom. The summed E-state index contributed by atoms with van der Waals surface area (Å²) in [5.41, 5.74) is 2.98. The van der Waals surface area contributed by atoms with Crippen LogP contribution in [-0.2, 0) is 16.1 Å². The number of carbonyl (C=O) groups excluding carboxylic acids is 2. The van der Waals surface area contributed by atoms with Crippen molar-refractivity contribution in [2.75, 3.05) is 31.1 Å². The summed E-state index contributed by atoms with van der Waals surface area (Å²) in [5, 5.41) is 0. The summed E-state index contributed by atoms with van der Waals surface area (Å²) in [6, 6.07) is 17.7. The Labute approximate surface area is 160 Å². The number of anilines is 1. The van der Waals surface area contributed by atoms with Crippen LogP contribution in [-0.4, -0.2) is 53.8 Å². The van der Waals surface area contributed by atoms with Crippen LogP contribution in [0.3, 0.4) is 0 Å². The molecule has 140 valence electrons. The second kappa shape index (κ2) is 7.62. The first-order chi connectivity index (χ1) is 13.1. The van der Waals surface area contributed by atoms with Crippen molar-refractivity contribution in [3.05, 3.63) is 65.7 Å². The van der Waals surface area contributed by atoms with Gasteiger partial charge in [0.05, 0.1) is 18.2 Å². The van der Waals surface area contributed by atoms with Crippen molar-refractivity contribution in [2.24, 2.45) is 0 Å². The fourth-order valence-corrected chi connectivity index (χ4v) is 4.04. The third-order valence-corrected chi connectivity index (χ3v) is 5.58. The van der Waals surface area contributed by atoms with Crippen molar-refractivity contribution < 1.29 is 9.59 Å². The zero-order chi connectivity index (χ0) is 18.8. The summed E-state index contributed by atoms with van der Waals surface area (Å²) in [6.45, 7) is 6.33. The minimum Gasteiger partial charge on any atom is -0.297 e. The highest BCUT2D eigenvalue weighted by molar-refractivity contribution is 6.22. The van der Waals surface area contributed by atoms with Gasteiger partial charge in [-0.05, 0) is 24.1 Å². The molecule has 0 N–H and O–H groups in total. The summed E-state index contributed by atoms with van der Waals surface area (Å²) in [6.07, 6.45) is 0.284. The number of piperazine rings is 1. The molecule has 5 heteroatoms. The third-order valence-electron chi connectivity index (χ3n) is 5.58. The SMILES string of the molecule is Cc1ccccc1N1C(=O)C[C@@H](N2CCN(Cc3ccccc3)CC2)C1=O. The number of amides is 2. The molecule has 0 radical (unpaired) electrons. The first-order valence-corrected chi connectivity index (χ1v) is 9.56. The molecular formula is C22H25N3O2. The maximum Gasteiger partial charge on any atom is 0.251 e. The molecule has 2 aliphatic rings. The lowest BCUT2D eigenvalue weighted by molar-refractivity contribution is -0.123. The van der Waals surface area contributed by atoms with E-state index < -0.39 is 0 Å². The topological polar surface area (TPSA) is 43.9 Å². The predicted octanol–water partition coefficient (Wildman–Crippen LogP) is 2.44. The molecule has 0 bridgehead atoms. The molecule has 0 spiro atoms. The highest BCUT2D eigenvalue weighted by atomic mass is 16.2. The molecule has 1 atom stereocenters. The summed E-state index contributed by atoms with van der Waals surface area (Å²) in [4.78, 5) is 31.5. The van der Waals surface area contributed by atoms with Crippen molar-refractivity contribution in [1.82, 2.24) is 9.80 Å². The van der Waals surface area contributed by atoms with E-state index in [1.165, 1.54) is 10.5 Å². The van der Waals surface area contributed by atoms with Gasteiger partial charge in [0.25, 0.3) is 5.91 Å². The lowest BCUT2D eigenvalue weighted by atomic mass is 10.1. The predicted molar refractivity (Wildman–Crippen MR) is 105 cm³/mol. The van der Waals surface area contributed by atoms with Gasteiger partial charge in [-0.2, -0.15) is 0 Å². The van der Waals surface area contributed by atoms with E-state index in [1.54, 1.807) is 0 Å². The molecule has 2 aromatic carbocycles. The quantitative estimate of drug-likeness (QED) is 0.783. The van der Waals surface area contributed by atoms with Crippen molar-refractivity contribution in [2.45, 2.75) is 25.9 Å². The Morgan fingerprint density at radius 2 is 1.56 bits per heavy atom. The first kappa shape index (κ1) is 17.9. The highest BCUT2D eigenvalue weighted by Crippen LogP contribution is 2.28. The lowest BCUT2D eigenvalue weighted by Gasteiger charge is -2.37. The van der Waals surface area contributed by atoms with E-state index in [0.29, 0.717) is 0 Å². The Morgan fingerprint density at radius 3 is 2.26 bits per heavy atom. The number of aryl methyl sites for hydroxylation is 1. The molecule has 2 aromatic rings. The number of imide groups is 1. The minimum atomic E-state index is -0.323. The fourth-order valence-electron chi connectivity index (χ4n) is 4.04. The van der Waals surface area contributed by atoms with Crippen molar-refractivity contribution >= 4 is 17.5 Å². The van der Waals surface area contributed by atoms with E-state index in [0.717, 1.165) is 44.0 Å². The van der Waals surface area contributed by atoms with Gasteiger partial charge in [-0.1, -0.05) is 48.5 Å². The number of benzene rings is 2. The molecule has 27 heavy (non-hydrogen) atoms. The van der Waals surface area contributed by atoms with Gasteiger partial charge in [-0.3, -0.25) is 19.4 Å². The summed E-state index contributed by atoms with van der Waals surface area (Å²) < 4.78 is 0. The van der Waals surface area contributed by atoms with E-state index in [-0.39, 0.29) is 24.3 Å². The van der Waals surface area contributed by atoms with Gasteiger partial charge >= 0.3 is 0 Å². The maximum absolute atomic E-state index is 13.0. The maximum atomic E-state index is 13.0. The fraction of sp³-hybridized carbons (Fsp3) is 0.364. The van der Waals surface area contributed by atoms with Gasteiger partial charge in [0.2, 0.25) is 5.91 Å². The van der Waals surface area contributed by atoms with E-state index >= 15 is 0 Å². The van der Waals surface area contributed by atoms with E-state index in [1.807, 2.05) is 37.3 Å². The third kappa shape index (κ3) is 3.66. The summed E-state index contributed by atoms with van der Waals surface area (Å²) in [5.74, 6) is -0.170. The molecule has 2 amide bonds. The lowest BCUT2D eigenvalue weighted by Crippen LogP contribution is -2.52. The molecule has 2 heterocycles. The van der Waals surface area contributed by atoms with Crippen molar-refractivity contribution in [3.63, 3.8) is 0 Å². The molecular weight excluding hydrogens is 338 g/mol. The molecule has 2 saturated heterocycles. The molecule has 0 aromatic heterocycles. The van der Waals surface area contributed by atoms with Crippen LogP contribution in [0.1, 0.15) is 17.5 Å². The zero-order valence-corrected chi connectivity index (χ0v) is 15.7. The molecule has 0 saturated carbocycles. The average Bonchev–Trinajstić information content (AvgIpc) is 2.98. The van der Waals surface area contributed by atoms with Crippen molar-refractivity contribution in [1.29, 1.82) is 0 Å². The molecule has 0 unspecified atom stereocenters. The zero-order valence-electron chi connectivity index (χ0n) is 15.7. The second-order valence-corrected chi connectivity index (χ2v) is 7.37. The monoisotopic (exact) mass is 363 g/mol. The second-order valence-electron chi connectivity index (χ2n) is 7.37. The Hall–Kier alpha value is -2.50. The van der Waals surface area contributed by atoms with Crippen LogP contribution < -0.4 is 4.90 Å². The van der Waals surface area contributed by atoms with Gasteiger partial charge in [0.15, 0.2) is 0 Å². The number of hydrogen-bond acceptors (Lipinski definition) is 4. The van der Waals surface area contributed by atoms with E-state index in [2.05, 4.69) is 34.1 Å². The van der Waals surface area contributed by atoms with Gasteiger partial charge < -0.3 is 0 Å². The van der Waals surface area contributed by atoms with E-state index in [4.69, 9.17) is 0 Å². The van der Waals surface area contributed by atoms with E-state index in [9.17, 15) is 9.59 Å². The van der Waals surface area contributed by atoms with Crippen molar-refractivity contribution in [3.8, 4) is 0 Å². The Balaban J connectivity index is 1.40. The molecule has 5 nitrogen and oxygen atoms in total. The normalized spacial score (nSPS) is 21.8.